The second-order valence-corrected chi connectivity index (χ2v) is 5.67. The minimum atomic E-state index is -1.18. The Balaban J connectivity index is 3.16. The second kappa shape index (κ2) is 5.38. The molecule has 1 rings (SSSR count). The largest absolute Gasteiger partial charge is 0.478 e. The lowest BCUT2D eigenvalue weighted by Crippen LogP contribution is -2.43. The molecule has 4 nitrogen and oxygen atoms in total. The quantitative estimate of drug-likeness (QED) is 0.680. The molecule has 4 heteroatoms. The number of hydrogen-bond donors (Lipinski definition) is 1. The van der Waals surface area contributed by atoms with Crippen LogP contribution in [0, 0.1) is 17.8 Å². The number of aromatic carboxylic acids is 1. The van der Waals surface area contributed by atoms with Crippen molar-refractivity contribution in [2.75, 3.05) is 0 Å². The van der Waals surface area contributed by atoms with E-state index in [1.807, 2.05) is 20.8 Å². The lowest BCUT2D eigenvalue weighted by molar-refractivity contribution is -0.0312. The number of hydrogen-bond acceptors (Lipinski definition) is 3. The number of rotatable bonds is 3. The third kappa shape index (κ3) is 3.00. The van der Waals surface area contributed by atoms with Crippen molar-refractivity contribution in [3.05, 3.63) is 35.4 Å². The van der Waals surface area contributed by atoms with Crippen molar-refractivity contribution >= 4 is 11.9 Å². The number of carbonyl (C=O) groups is 2. The number of benzene rings is 1. The fourth-order valence-electron chi connectivity index (χ4n) is 1.49. The molecule has 106 valence electrons. The maximum absolute atomic E-state index is 12.2. The third-order valence-corrected chi connectivity index (χ3v) is 3.38. The lowest BCUT2D eigenvalue weighted by Gasteiger charge is -2.36. The Morgan fingerprint density at radius 1 is 1.15 bits per heavy atom. The van der Waals surface area contributed by atoms with Crippen LogP contribution < -0.4 is 0 Å². The van der Waals surface area contributed by atoms with Gasteiger partial charge < -0.3 is 9.84 Å². The summed E-state index contributed by atoms with van der Waals surface area (Å²) < 4.78 is 5.39. The van der Waals surface area contributed by atoms with Gasteiger partial charge in [-0.2, -0.15) is 0 Å². The van der Waals surface area contributed by atoms with Gasteiger partial charge in [-0.05, 0) is 19.1 Å². The average molecular weight is 274 g/mol. The molecule has 0 saturated carbocycles. The maximum atomic E-state index is 12.2. The molecule has 0 aliphatic rings. The first-order valence-corrected chi connectivity index (χ1v) is 6.16. The highest BCUT2D eigenvalue weighted by Crippen LogP contribution is 2.33. The van der Waals surface area contributed by atoms with Gasteiger partial charge in [-0.25, -0.2) is 9.59 Å². The van der Waals surface area contributed by atoms with E-state index in [9.17, 15) is 9.59 Å². The van der Waals surface area contributed by atoms with Gasteiger partial charge in [-0.15, -0.1) is 6.42 Å². The molecule has 0 aliphatic carbocycles. The van der Waals surface area contributed by atoms with Gasteiger partial charge in [0.25, 0.3) is 0 Å². The van der Waals surface area contributed by atoms with E-state index in [1.165, 1.54) is 12.1 Å². The summed E-state index contributed by atoms with van der Waals surface area (Å²) >= 11 is 0. The number of carbonyl (C=O) groups excluding carboxylic acids is 1. The van der Waals surface area contributed by atoms with Gasteiger partial charge in [-0.1, -0.05) is 38.8 Å². The van der Waals surface area contributed by atoms with E-state index in [4.69, 9.17) is 16.3 Å². The molecule has 0 bridgehead atoms. The molecule has 20 heavy (non-hydrogen) atoms. The average Bonchev–Trinajstić information content (AvgIpc) is 2.37. The van der Waals surface area contributed by atoms with E-state index >= 15 is 0 Å². The number of terminal acetylenes is 1. The summed E-state index contributed by atoms with van der Waals surface area (Å²) in [5.41, 5.74) is -1.72. The SMILES string of the molecule is C#C[C@@](C)(OC(=O)c1ccccc1C(=O)O)C(C)(C)C. The fraction of sp³-hybridized carbons (Fsp3) is 0.375. The smallest absolute Gasteiger partial charge is 0.340 e. The van der Waals surface area contributed by atoms with Crippen molar-refractivity contribution < 1.29 is 19.4 Å². The second-order valence-electron chi connectivity index (χ2n) is 5.67. The Labute approximate surface area is 118 Å². The molecule has 0 saturated heterocycles. The van der Waals surface area contributed by atoms with Crippen molar-refractivity contribution in [3.8, 4) is 12.3 Å². The Kier molecular flexibility index (Phi) is 4.24. The van der Waals surface area contributed by atoms with Gasteiger partial charge in [0.15, 0.2) is 5.60 Å². The Bertz CT molecular complexity index is 575. The lowest BCUT2D eigenvalue weighted by atomic mass is 9.78. The van der Waals surface area contributed by atoms with Gasteiger partial charge in [0.2, 0.25) is 0 Å². The molecule has 0 aliphatic heterocycles. The normalized spacial score (nSPS) is 13.9. The zero-order chi connectivity index (χ0) is 15.6. The number of carboxylic acid groups (broad SMARTS) is 1. The zero-order valence-electron chi connectivity index (χ0n) is 12.1. The molecule has 0 aromatic heterocycles. The highest BCUT2D eigenvalue weighted by atomic mass is 16.6. The molecule has 0 heterocycles. The number of esters is 1. The predicted octanol–water partition coefficient (Wildman–Crippen LogP) is 2.98. The predicted molar refractivity (Wildman–Crippen MR) is 75.5 cm³/mol. The monoisotopic (exact) mass is 274 g/mol. The van der Waals surface area contributed by atoms with Crippen LogP contribution >= 0.6 is 0 Å². The van der Waals surface area contributed by atoms with E-state index in [0.29, 0.717) is 0 Å². The van der Waals surface area contributed by atoms with Crippen molar-refractivity contribution in [1.82, 2.24) is 0 Å². The molecule has 0 unspecified atom stereocenters. The Hall–Kier alpha value is -2.28. The summed E-state index contributed by atoms with van der Waals surface area (Å²) in [6.07, 6.45) is 5.47. The van der Waals surface area contributed by atoms with Gasteiger partial charge >= 0.3 is 11.9 Å². The van der Waals surface area contributed by atoms with E-state index in [1.54, 1.807) is 19.1 Å². The first-order chi connectivity index (χ1) is 9.12. The molecule has 1 atom stereocenters. The maximum Gasteiger partial charge on any atom is 0.340 e. The first-order valence-electron chi connectivity index (χ1n) is 6.16. The van der Waals surface area contributed by atoms with Crippen molar-refractivity contribution in [1.29, 1.82) is 0 Å². The van der Waals surface area contributed by atoms with Crippen LogP contribution in [0.25, 0.3) is 0 Å². The third-order valence-electron chi connectivity index (χ3n) is 3.38. The van der Waals surface area contributed by atoms with Crippen LogP contribution in [0.3, 0.4) is 0 Å². The van der Waals surface area contributed by atoms with E-state index in [2.05, 4.69) is 5.92 Å². The molecule has 1 aromatic rings. The van der Waals surface area contributed by atoms with Crippen LogP contribution in [0.1, 0.15) is 48.4 Å². The Morgan fingerprint density at radius 3 is 2.05 bits per heavy atom. The molecule has 0 amide bonds. The van der Waals surface area contributed by atoms with Gasteiger partial charge in [0.1, 0.15) is 0 Å². The van der Waals surface area contributed by atoms with Crippen LogP contribution in [0.2, 0.25) is 0 Å². The van der Waals surface area contributed by atoms with Crippen LogP contribution in [0.5, 0.6) is 0 Å². The summed E-state index contributed by atoms with van der Waals surface area (Å²) in [5, 5.41) is 9.08. The van der Waals surface area contributed by atoms with E-state index in [0.717, 1.165) is 0 Å². The van der Waals surface area contributed by atoms with Crippen molar-refractivity contribution in [2.45, 2.75) is 33.3 Å². The van der Waals surface area contributed by atoms with E-state index in [-0.39, 0.29) is 11.1 Å². The van der Waals surface area contributed by atoms with Crippen molar-refractivity contribution in [2.24, 2.45) is 5.41 Å². The van der Waals surface area contributed by atoms with Gasteiger partial charge in [0, 0.05) is 5.41 Å². The summed E-state index contributed by atoms with van der Waals surface area (Å²) in [4.78, 5) is 23.3. The minimum Gasteiger partial charge on any atom is -0.478 e. The van der Waals surface area contributed by atoms with Gasteiger partial charge in [-0.3, -0.25) is 0 Å². The fourth-order valence-corrected chi connectivity index (χ4v) is 1.49. The molecule has 1 N–H and O–H groups in total. The first kappa shape index (κ1) is 15.8. The molecule has 0 spiro atoms. The van der Waals surface area contributed by atoms with Crippen LogP contribution in [-0.2, 0) is 4.74 Å². The highest BCUT2D eigenvalue weighted by Gasteiger charge is 2.40. The molecule has 0 fully saturated rings. The minimum absolute atomic E-state index is 0.00859. The summed E-state index contributed by atoms with van der Waals surface area (Å²) in [6, 6.07) is 5.88. The molecular weight excluding hydrogens is 256 g/mol. The highest BCUT2D eigenvalue weighted by molar-refractivity contribution is 6.02. The Morgan fingerprint density at radius 2 is 1.65 bits per heavy atom. The van der Waals surface area contributed by atoms with Gasteiger partial charge in [0.05, 0.1) is 11.1 Å². The molecule has 0 radical (unpaired) electrons. The molecular formula is C16H18O4. The summed E-state index contributed by atoms with van der Waals surface area (Å²) in [7, 11) is 0. The van der Waals surface area contributed by atoms with E-state index < -0.39 is 23.0 Å². The standard InChI is InChI=1S/C16H18O4/c1-6-16(5,15(2,3)4)20-14(19)12-10-8-7-9-11(12)13(17)18/h1,7-10H,2-5H3,(H,17,18)/t16-/m1/s1. The topological polar surface area (TPSA) is 63.6 Å². The van der Waals surface area contributed by atoms with Crippen LogP contribution in [0.4, 0.5) is 0 Å². The summed E-state index contributed by atoms with van der Waals surface area (Å²) in [6.45, 7) is 7.18. The van der Waals surface area contributed by atoms with Crippen molar-refractivity contribution in [3.63, 3.8) is 0 Å². The number of carboxylic acids is 1. The molecule has 1 aromatic carbocycles. The van der Waals surface area contributed by atoms with Crippen LogP contribution in [-0.4, -0.2) is 22.6 Å². The zero-order valence-corrected chi connectivity index (χ0v) is 12.1. The number of ether oxygens (including phenoxy) is 1. The van der Waals surface area contributed by atoms with Crippen LogP contribution in [0.15, 0.2) is 24.3 Å². The summed E-state index contributed by atoms with van der Waals surface area (Å²) in [5.74, 6) is 0.555.